The molecule has 0 unspecified atom stereocenters. The van der Waals surface area contributed by atoms with Crippen molar-refractivity contribution in [2.24, 2.45) is 5.73 Å². The Bertz CT molecular complexity index is 529. The Morgan fingerprint density at radius 2 is 2.09 bits per heavy atom. The van der Waals surface area contributed by atoms with Crippen LogP contribution >= 0.6 is 0 Å². The van der Waals surface area contributed by atoms with Crippen LogP contribution in [0.2, 0.25) is 0 Å². The first-order valence-corrected chi connectivity index (χ1v) is 7.36. The number of nitrogens with two attached hydrogens (primary N) is 1. The first kappa shape index (κ1) is 16.6. The lowest BCUT2D eigenvalue weighted by Crippen LogP contribution is -2.42. The standard InChI is InChI=1S/C16H24N2O4/c1-18(16(6-7-16)11-20-2)15(19)13-5-4-12(21-3)10-14(13)22-9-8-17/h4-5,10H,6-9,11,17H2,1-3H3. The molecule has 0 heterocycles. The average Bonchev–Trinajstić information content (AvgIpc) is 3.32. The number of nitrogens with zero attached hydrogens (tertiary/aromatic N) is 1. The third kappa shape index (κ3) is 3.34. The van der Waals surface area contributed by atoms with Gasteiger partial charge in [-0.3, -0.25) is 4.79 Å². The van der Waals surface area contributed by atoms with Crippen molar-refractivity contribution >= 4 is 5.91 Å². The molecule has 1 aliphatic carbocycles. The molecule has 6 heteroatoms. The van der Waals surface area contributed by atoms with Crippen LogP contribution in [0.1, 0.15) is 23.2 Å². The van der Waals surface area contributed by atoms with Crippen LogP contribution in [0.15, 0.2) is 18.2 Å². The smallest absolute Gasteiger partial charge is 0.257 e. The van der Waals surface area contributed by atoms with Gasteiger partial charge in [-0.2, -0.15) is 0 Å². The number of carbonyl (C=O) groups excluding carboxylic acids is 1. The van der Waals surface area contributed by atoms with Crippen molar-refractivity contribution in [3.05, 3.63) is 23.8 Å². The fourth-order valence-electron chi connectivity index (χ4n) is 2.48. The van der Waals surface area contributed by atoms with Gasteiger partial charge < -0.3 is 24.8 Å². The van der Waals surface area contributed by atoms with Crippen LogP contribution < -0.4 is 15.2 Å². The molecule has 1 aromatic carbocycles. The molecule has 0 saturated heterocycles. The Labute approximate surface area is 131 Å². The predicted octanol–water partition coefficient (Wildman–Crippen LogP) is 1.28. The highest BCUT2D eigenvalue weighted by atomic mass is 16.5. The first-order chi connectivity index (χ1) is 10.6. The Hall–Kier alpha value is -1.79. The number of rotatable bonds is 8. The van der Waals surface area contributed by atoms with E-state index in [-0.39, 0.29) is 11.4 Å². The highest BCUT2D eigenvalue weighted by Crippen LogP contribution is 2.42. The van der Waals surface area contributed by atoms with Gasteiger partial charge in [0.15, 0.2) is 0 Å². The second-order valence-corrected chi connectivity index (χ2v) is 5.52. The van der Waals surface area contributed by atoms with Crippen molar-refractivity contribution in [1.29, 1.82) is 0 Å². The maximum absolute atomic E-state index is 12.8. The molecule has 122 valence electrons. The van der Waals surface area contributed by atoms with Crippen molar-refractivity contribution in [3.63, 3.8) is 0 Å². The molecule has 2 rings (SSSR count). The molecule has 0 atom stereocenters. The van der Waals surface area contributed by atoms with Gasteiger partial charge in [0.05, 0.1) is 24.8 Å². The van der Waals surface area contributed by atoms with Crippen LogP contribution in [0.25, 0.3) is 0 Å². The van der Waals surface area contributed by atoms with E-state index in [1.165, 1.54) is 0 Å². The summed E-state index contributed by atoms with van der Waals surface area (Å²) in [5, 5.41) is 0. The Morgan fingerprint density at radius 1 is 1.36 bits per heavy atom. The van der Waals surface area contributed by atoms with Crippen LogP contribution in [0.5, 0.6) is 11.5 Å². The topological polar surface area (TPSA) is 74.0 Å². The second kappa shape index (κ2) is 6.98. The maximum Gasteiger partial charge on any atom is 0.257 e. The lowest BCUT2D eigenvalue weighted by atomic mass is 10.1. The summed E-state index contributed by atoms with van der Waals surface area (Å²) in [7, 11) is 5.04. The molecule has 0 radical (unpaired) electrons. The van der Waals surface area contributed by atoms with Crippen LogP contribution in [0.4, 0.5) is 0 Å². The molecular formula is C16H24N2O4. The fourth-order valence-corrected chi connectivity index (χ4v) is 2.48. The van der Waals surface area contributed by atoms with Crippen molar-refractivity contribution in [1.82, 2.24) is 4.90 Å². The van der Waals surface area contributed by atoms with E-state index in [0.717, 1.165) is 12.8 Å². The van der Waals surface area contributed by atoms with E-state index in [4.69, 9.17) is 19.9 Å². The fraction of sp³-hybridized carbons (Fsp3) is 0.562. The average molecular weight is 308 g/mol. The van der Waals surface area contributed by atoms with Crippen LogP contribution in [-0.2, 0) is 4.74 Å². The number of carbonyl (C=O) groups is 1. The molecule has 6 nitrogen and oxygen atoms in total. The molecule has 1 saturated carbocycles. The van der Waals surface area contributed by atoms with Gasteiger partial charge in [0.1, 0.15) is 18.1 Å². The monoisotopic (exact) mass is 308 g/mol. The van der Waals surface area contributed by atoms with E-state index >= 15 is 0 Å². The van der Waals surface area contributed by atoms with E-state index in [2.05, 4.69) is 0 Å². The van der Waals surface area contributed by atoms with Crippen molar-refractivity contribution in [2.75, 3.05) is 41.0 Å². The zero-order valence-electron chi connectivity index (χ0n) is 13.4. The summed E-state index contributed by atoms with van der Waals surface area (Å²) < 4.78 is 16.0. The number of hydrogen-bond acceptors (Lipinski definition) is 5. The van der Waals surface area contributed by atoms with Gasteiger partial charge in [0.2, 0.25) is 0 Å². The largest absolute Gasteiger partial charge is 0.497 e. The van der Waals surface area contributed by atoms with Gasteiger partial charge in [0, 0.05) is 26.8 Å². The second-order valence-electron chi connectivity index (χ2n) is 5.52. The molecule has 22 heavy (non-hydrogen) atoms. The Kier molecular flexibility index (Phi) is 5.26. The third-order valence-electron chi connectivity index (χ3n) is 4.05. The number of ether oxygens (including phenoxy) is 3. The molecule has 0 aliphatic heterocycles. The van der Waals surface area contributed by atoms with E-state index in [1.807, 2.05) is 7.05 Å². The van der Waals surface area contributed by atoms with Crippen molar-refractivity contribution < 1.29 is 19.0 Å². The summed E-state index contributed by atoms with van der Waals surface area (Å²) in [5.74, 6) is 1.06. The quantitative estimate of drug-likeness (QED) is 0.783. The molecule has 0 bridgehead atoms. The summed E-state index contributed by atoms with van der Waals surface area (Å²) in [4.78, 5) is 14.6. The van der Waals surface area contributed by atoms with Crippen LogP contribution in [0.3, 0.4) is 0 Å². The lowest BCUT2D eigenvalue weighted by Gasteiger charge is -2.28. The number of hydrogen-bond donors (Lipinski definition) is 1. The van der Waals surface area contributed by atoms with Crippen molar-refractivity contribution in [3.8, 4) is 11.5 Å². The molecular weight excluding hydrogens is 284 g/mol. The van der Waals surface area contributed by atoms with Crippen LogP contribution in [-0.4, -0.2) is 57.4 Å². The van der Waals surface area contributed by atoms with Gasteiger partial charge in [-0.05, 0) is 25.0 Å². The van der Waals surface area contributed by atoms with Crippen molar-refractivity contribution in [2.45, 2.75) is 18.4 Å². The van der Waals surface area contributed by atoms with Gasteiger partial charge in [-0.15, -0.1) is 0 Å². The highest BCUT2D eigenvalue weighted by molar-refractivity contribution is 5.97. The molecule has 0 spiro atoms. The summed E-state index contributed by atoms with van der Waals surface area (Å²) in [6.45, 7) is 1.28. The minimum atomic E-state index is -0.184. The van der Waals surface area contributed by atoms with Gasteiger partial charge in [-0.25, -0.2) is 0 Å². The highest BCUT2D eigenvalue weighted by Gasteiger charge is 2.49. The third-order valence-corrected chi connectivity index (χ3v) is 4.05. The first-order valence-electron chi connectivity index (χ1n) is 7.36. The molecule has 1 aromatic rings. The van der Waals surface area contributed by atoms with Gasteiger partial charge >= 0.3 is 0 Å². The van der Waals surface area contributed by atoms with Crippen LogP contribution in [0, 0.1) is 0 Å². The van der Waals surface area contributed by atoms with E-state index < -0.39 is 0 Å². The zero-order valence-corrected chi connectivity index (χ0v) is 13.4. The summed E-state index contributed by atoms with van der Waals surface area (Å²) in [6, 6.07) is 5.20. The van der Waals surface area contributed by atoms with Gasteiger partial charge in [-0.1, -0.05) is 0 Å². The lowest BCUT2D eigenvalue weighted by molar-refractivity contribution is 0.0547. The molecule has 1 aliphatic rings. The summed E-state index contributed by atoms with van der Waals surface area (Å²) >= 11 is 0. The molecule has 0 aromatic heterocycles. The number of benzene rings is 1. The summed E-state index contributed by atoms with van der Waals surface area (Å²) in [5.41, 5.74) is 5.81. The number of methoxy groups -OCH3 is 2. The number of likely N-dealkylation sites (N-methyl/N-ethyl adjacent to an activating group) is 1. The summed E-state index contributed by atoms with van der Waals surface area (Å²) in [6.07, 6.45) is 1.91. The molecule has 1 fully saturated rings. The van der Waals surface area contributed by atoms with E-state index in [1.54, 1.807) is 37.3 Å². The Balaban J connectivity index is 2.24. The minimum Gasteiger partial charge on any atom is -0.497 e. The normalized spacial score (nSPS) is 15.3. The Morgan fingerprint density at radius 3 is 2.64 bits per heavy atom. The SMILES string of the molecule is COCC1(N(C)C(=O)c2ccc(OC)cc2OCCN)CC1. The molecule has 1 amide bonds. The van der Waals surface area contributed by atoms with E-state index in [9.17, 15) is 4.79 Å². The van der Waals surface area contributed by atoms with E-state index in [0.29, 0.717) is 36.8 Å². The van der Waals surface area contributed by atoms with Gasteiger partial charge in [0.25, 0.3) is 5.91 Å². The predicted molar refractivity (Wildman–Crippen MR) is 83.5 cm³/mol. The zero-order chi connectivity index (χ0) is 16.2. The maximum atomic E-state index is 12.8. The minimum absolute atomic E-state index is 0.0794. The number of amides is 1. The molecule has 2 N–H and O–H groups in total.